The number of nitrogens with two attached hydrogens (primary N) is 1. The molecule has 0 saturated carbocycles. The van der Waals surface area contributed by atoms with Gasteiger partial charge in [0.05, 0.1) is 0 Å². The number of nitrogens with one attached hydrogen (secondary N) is 1. The molecule has 2 aromatic rings. The average Bonchev–Trinajstić information content (AvgIpc) is 2.79. The van der Waals surface area contributed by atoms with Gasteiger partial charge >= 0.3 is 5.69 Å². The Morgan fingerprint density at radius 1 is 1.24 bits per heavy atom. The smallest absolute Gasteiger partial charge is 0.332 e. The number of aryl methyl sites for hydroxylation is 2. The van der Waals surface area contributed by atoms with Crippen LogP contribution in [0.25, 0.3) is 11.2 Å². The maximum absolute atomic E-state index is 12.5. The predicted octanol–water partition coefficient (Wildman–Crippen LogP) is -0.303. The first-order valence-corrected chi connectivity index (χ1v) is 7.20. The Bertz CT molecular complexity index is 755. The summed E-state index contributed by atoms with van der Waals surface area (Å²) in [5.41, 5.74) is 5.73. The van der Waals surface area contributed by atoms with Crippen molar-refractivity contribution in [1.82, 2.24) is 18.7 Å². The topological polar surface area (TPSA) is 99.9 Å². The van der Waals surface area contributed by atoms with Crippen molar-refractivity contribution in [3.8, 4) is 0 Å². The first kappa shape index (κ1) is 15.3. The molecule has 0 saturated heterocycles. The third kappa shape index (κ3) is 2.46. The van der Waals surface area contributed by atoms with E-state index >= 15 is 0 Å². The predicted molar refractivity (Wildman–Crippen MR) is 82.7 cm³/mol. The lowest BCUT2D eigenvalue weighted by Gasteiger charge is -2.09. The van der Waals surface area contributed by atoms with Crippen molar-refractivity contribution in [1.29, 1.82) is 0 Å². The van der Waals surface area contributed by atoms with E-state index in [4.69, 9.17) is 5.73 Å². The van der Waals surface area contributed by atoms with E-state index in [1.54, 1.807) is 23.1 Å². The highest BCUT2D eigenvalue weighted by molar-refractivity contribution is 5.74. The summed E-state index contributed by atoms with van der Waals surface area (Å²) in [4.78, 5) is 29.3. The van der Waals surface area contributed by atoms with Gasteiger partial charge in [-0.25, -0.2) is 4.79 Å². The number of imidazole rings is 1. The number of fused-ring (bicyclic) bond motifs is 1. The number of aromatic nitrogens is 4. The van der Waals surface area contributed by atoms with E-state index in [1.807, 2.05) is 6.92 Å². The zero-order valence-corrected chi connectivity index (χ0v) is 12.7. The van der Waals surface area contributed by atoms with Gasteiger partial charge in [-0.1, -0.05) is 6.92 Å². The minimum atomic E-state index is -0.305. The van der Waals surface area contributed by atoms with E-state index in [0.29, 0.717) is 43.3 Å². The fourth-order valence-corrected chi connectivity index (χ4v) is 2.41. The standard InChI is InChI=1S/C13H22N6O2/c1-4-8-19-10-9(11(20)18(5-2)13(19)21)17(3)12(16-10)15-7-6-14/h4-8,14H2,1-3H3,(H,15,16). The third-order valence-corrected chi connectivity index (χ3v) is 3.43. The van der Waals surface area contributed by atoms with Gasteiger partial charge in [-0.2, -0.15) is 4.98 Å². The lowest BCUT2D eigenvalue weighted by molar-refractivity contribution is 0.579. The molecule has 0 aliphatic carbocycles. The molecule has 0 aliphatic rings. The van der Waals surface area contributed by atoms with Gasteiger partial charge in [0.1, 0.15) is 0 Å². The van der Waals surface area contributed by atoms with Gasteiger partial charge in [0.25, 0.3) is 5.56 Å². The van der Waals surface area contributed by atoms with Gasteiger partial charge in [-0.3, -0.25) is 13.9 Å². The number of nitrogens with zero attached hydrogens (tertiary/aromatic N) is 4. The van der Waals surface area contributed by atoms with Crippen LogP contribution in [0.4, 0.5) is 5.95 Å². The molecule has 2 rings (SSSR count). The second-order valence-corrected chi connectivity index (χ2v) is 4.87. The van der Waals surface area contributed by atoms with Crippen molar-refractivity contribution in [3.05, 3.63) is 20.8 Å². The summed E-state index contributed by atoms with van der Waals surface area (Å²) in [7, 11) is 1.76. The van der Waals surface area contributed by atoms with Crippen LogP contribution in [-0.2, 0) is 20.1 Å². The van der Waals surface area contributed by atoms with E-state index in [9.17, 15) is 9.59 Å². The van der Waals surface area contributed by atoms with Crippen LogP contribution >= 0.6 is 0 Å². The average molecular weight is 294 g/mol. The largest absolute Gasteiger partial charge is 0.354 e. The van der Waals surface area contributed by atoms with Crippen LogP contribution in [0.15, 0.2) is 9.59 Å². The van der Waals surface area contributed by atoms with Crippen LogP contribution in [0.2, 0.25) is 0 Å². The Labute approximate surface area is 122 Å². The highest BCUT2D eigenvalue weighted by atomic mass is 16.2. The number of hydrogen-bond acceptors (Lipinski definition) is 5. The van der Waals surface area contributed by atoms with E-state index in [0.717, 1.165) is 6.42 Å². The Morgan fingerprint density at radius 2 is 1.95 bits per heavy atom. The molecule has 0 atom stereocenters. The molecule has 2 aromatic heterocycles. The van der Waals surface area contributed by atoms with Gasteiger partial charge in [0, 0.05) is 33.2 Å². The molecular formula is C13H22N6O2. The molecule has 8 heteroatoms. The molecule has 0 aliphatic heterocycles. The first-order chi connectivity index (χ1) is 10.1. The minimum Gasteiger partial charge on any atom is -0.354 e. The minimum absolute atomic E-state index is 0.305. The lowest BCUT2D eigenvalue weighted by atomic mass is 10.4. The van der Waals surface area contributed by atoms with Gasteiger partial charge in [0.15, 0.2) is 11.2 Å². The molecule has 0 radical (unpaired) electrons. The molecule has 0 unspecified atom stereocenters. The highest BCUT2D eigenvalue weighted by Gasteiger charge is 2.18. The van der Waals surface area contributed by atoms with Crippen LogP contribution in [0.3, 0.4) is 0 Å². The van der Waals surface area contributed by atoms with E-state index < -0.39 is 0 Å². The Morgan fingerprint density at radius 3 is 2.52 bits per heavy atom. The van der Waals surface area contributed by atoms with Gasteiger partial charge in [-0.05, 0) is 13.3 Å². The zero-order chi connectivity index (χ0) is 15.6. The summed E-state index contributed by atoms with van der Waals surface area (Å²) in [6, 6.07) is 0. The fourth-order valence-electron chi connectivity index (χ4n) is 2.41. The maximum atomic E-state index is 12.5. The van der Waals surface area contributed by atoms with E-state index in [1.165, 1.54) is 4.57 Å². The molecule has 2 heterocycles. The molecular weight excluding hydrogens is 272 g/mol. The number of anilines is 1. The van der Waals surface area contributed by atoms with Crippen molar-refractivity contribution in [2.45, 2.75) is 33.4 Å². The van der Waals surface area contributed by atoms with Crippen LogP contribution in [0.1, 0.15) is 20.3 Å². The third-order valence-electron chi connectivity index (χ3n) is 3.43. The van der Waals surface area contributed by atoms with Crippen LogP contribution in [0.5, 0.6) is 0 Å². The highest BCUT2D eigenvalue weighted by Crippen LogP contribution is 2.13. The van der Waals surface area contributed by atoms with Crippen molar-refractivity contribution in [2.75, 3.05) is 18.4 Å². The summed E-state index contributed by atoms with van der Waals surface area (Å²) in [5.74, 6) is 0.547. The summed E-state index contributed by atoms with van der Waals surface area (Å²) >= 11 is 0. The van der Waals surface area contributed by atoms with Crippen LogP contribution < -0.4 is 22.3 Å². The molecule has 0 fully saturated rings. The molecule has 0 aromatic carbocycles. The molecule has 0 bridgehead atoms. The van der Waals surface area contributed by atoms with Crippen molar-refractivity contribution in [2.24, 2.45) is 12.8 Å². The number of rotatable bonds is 6. The molecule has 8 nitrogen and oxygen atoms in total. The second kappa shape index (κ2) is 6.13. The normalized spacial score (nSPS) is 11.2. The molecule has 116 valence electrons. The summed E-state index contributed by atoms with van der Waals surface area (Å²) in [5, 5.41) is 3.07. The second-order valence-electron chi connectivity index (χ2n) is 4.87. The summed E-state index contributed by atoms with van der Waals surface area (Å²) < 4.78 is 4.49. The fraction of sp³-hybridized carbons (Fsp3) is 0.615. The molecule has 3 N–H and O–H groups in total. The maximum Gasteiger partial charge on any atom is 0.332 e. The summed E-state index contributed by atoms with van der Waals surface area (Å²) in [6.07, 6.45) is 0.791. The Balaban J connectivity index is 2.81. The van der Waals surface area contributed by atoms with Gasteiger partial charge in [0.2, 0.25) is 5.95 Å². The first-order valence-electron chi connectivity index (χ1n) is 7.20. The van der Waals surface area contributed by atoms with E-state index in [-0.39, 0.29) is 11.2 Å². The van der Waals surface area contributed by atoms with Gasteiger partial charge in [-0.15, -0.1) is 0 Å². The van der Waals surface area contributed by atoms with Gasteiger partial charge < -0.3 is 15.6 Å². The van der Waals surface area contributed by atoms with Crippen molar-refractivity contribution >= 4 is 17.1 Å². The SMILES string of the molecule is CCCn1c(=O)n(CC)c(=O)c2c1nc(NCCN)n2C. The Kier molecular flexibility index (Phi) is 4.46. The van der Waals surface area contributed by atoms with Crippen molar-refractivity contribution in [3.63, 3.8) is 0 Å². The molecule has 21 heavy (non-hydrogen) atoms. The van der Waals surface area contributed by atoms with Crippen LogP contribution in [-0.4, -0.2) is 31.8 Å². The molecule has 0 amide bonds. The monoisotopic (exact) mass is 294 g/mol. The lowest BCUT2D eigenvalue weighted by Crippen LogP contribution is -2.40. The summed E-state index contributed by atoms with van der Waals surface area (Å²) in [6.45, 7) is 5.66. The Hall–Kier alpha value is -2.09. The zero-order valence-electron chi connectivity index (χ0n) is 12.7. The van der Waals surface area contributed by atoms with Crippen molar-refractivity contribution < 1.29 is 0 Å². The van der Waals surface area contributed by atoms with E-state index in [2.05, 4.69) is 10.3 Å². The number of hydrogen-bond donors (Lipinski definition) is 2. The molecule has 0 spiro atoms. The quantitative estimate of drug-likeness (QED) is 0.762. The van der Waals surface area contributed by atoms with Crippen LogP contribution in [0, 0.1) is 0 Å².